The normalized spacial score (nSPS) is 11.6. The van der Waals surface area contributed by atoms with Crippen LogP contribution in [0.5, 0.6) is 0 Å². The molecule has 0 aliphatic heterocycles. The average molecular weight is 718 g/mol. The summed E-state index contributed by atoms with van der Waals surface area (Å²) in [6, 6.07) is 64.7. The molecule has 11 rings (SSSR count). The molecule has 3 heterocycles. The zero-order valence-corrected chi connectivity index (χ0v) is 30.1. The first kappa shape index (κ1) is 31.9. The fourth-order valence-corrected chi connectivity index (χ4v) is 7.66. The molecule has 0 amide bonds. The van der Waals surface area contributed by atoms with Gasteiger partial charge in [0.1, 0.15) is 22.3 Å². The van der Waals surface area contributed by atoms with E-state index in [0.717, 1.165) is 93.9 Å². The van der Waals surface area contributed by atoms with Crippen molar-refractivity contribution in [2.75, 3.05) is 0 Å². The van der Waals surface area contributed by atoms with Gasteiger partial charge in [0.15, 0.2) is 17.5 Å². The molecule has 3 aromatic heterocycles. The summed E-state index contributed by atoms with van der Waals surface area (Å²) in [6.07, 6.45) is 0. The van der Waals surface area contributed by atoms with E-state index in [1.54, 1.807) is 0 Å². The first-order chi connectivity index (χ1) is 27.7. The molecular weight excluding hydrogens is 687 g/mol. The van der Waals surface area contributed by atoms with Gasteiger partial charge in [0.05, 0.1) is 0 Å². The molecule has 0 fully saturated rings. The number of para-hydroxylation sites is 1. The van der Waals surface area contributed by atoms with Crippen LogP contribution in [0.4, 0.5) is 0 Å². The van der Waals surface area contributed by atoms with Crippen LogP contribution in [0, 0.1) is 0 Å². The van der Waals surface area contributed by atoms with Crippen molar-refractivity contribution in [3.8, 4) is 67.5 Å². The highest BCUT2D eigenvalue weighted by Crippen LogP contribution is 2.38. The predicted octanol–water partition coefficient (Wildman–Crippen LogP) is 13.7. The summed E-state index contributed by atoms with van der Waals surface area (Å²) in [6.45, 7) is 0. The number of hydrogen-bond acceptors (Lipinski definition) is 5. The first-order valence-corrected chi connectivity index (χ1v) is 18.7. The van der Waals surface area contributed by atoms with Gasteiger partial charge in [-0.1, -0.05) is 152 Å². The smallest absolute Gasteiger partial charge is 0.164 e. The molecule has 0 bridgehead atoms. The Morgan fingerprint density at radius 2 is 0.625 bits per heavy atom. The van der Waals surface area contributed by atoms with Crippen LogP contribution >= 0.6 is 0 Å². The van der Waals surface area contributed by atoms with Gasteiger partial charge in [-0.25, -0.2) is 15.0 Å². The summed E-state index contributed by atoms with van der Waals surface area (Å²) in [4.78, 5) is 15.2. The van der Waals surface area contributed by atoms with Crippen molar-refractivity contribution in [1.29, 1.82) is 0 Å². The highest BCUT2D eigenvalue weighted by Gasteiger charge is 2.16. The Labute approximate surface area is 322 Å². The minimum absolute atomic E-state index is 0.605. The Bertz CT molecular complexity index is 3120. The van der Waals surface area contributed by atoms with Crippen LogP contribution < -0.4 is 0 Å². The third-order valence-electron chi connectivity index (χ3n) is 10.6. The standard InChI is InChI=1S/C51H31N3O2/c1-3-10-32(11-4-1)34-18-22-36(23-19-34)49-52-50(37-24-20-35(21-25-37)33-12-5-2-6-13-33)54-51(53-49)40-15-9-14-38(28-40)39-26-27-46-42(29-39)44-31-47-43(30-48(44)56-46)41-16-7-8-17-45(41)55-47/h1-31H. The summed E-state index contributed by atoms with van der Waals surface area (Å²) in [5.74, 6) is 1.84. The minimum atomic E-state index is 0.605. The summed E-state index contributed by atoms with van der Waals surface area (Å²) in [7, 11) is 0. The second kappa shape index (κ2) is 13.0. The van der Waals surface area contributed by atoms with Crippen LogP contribution in [0.3, 0.4) is 0 Å². The number of aromatic nitrogens is 3. The van der Waals surface area contributed by atoms with E-state index >= 15 is 0 Å². The maximum Gasteiger partial charge on any atom is 0.164 e. The summed E-state index contributed by atoms with van der Waals surface area (Å²) in [5.41, 5.74) is 12.8. The number of benzene rings is 8. The monoisotopic (exact) mass is 717 g/mol. The second-order valence-electron chi connectivity index (χ2n) is 14.0. The lowest BCUT2D eigenvalue weighted by Gasteiger charge is -2.11. The molecule has 0 saturated carbocycles. The largest absolute Gasteiger partial charge is 0.456 e. The fourth-order valence-electron chi connectivity index (χ4n) is 7.66. The molecule has 0 unspecified atom stereocenters. The highest BCUT2D eigenvalue weighted by atomic mass is 16.3. The van der Waals surface area contributed by atoms with Crippen LogP contribution in [0.1, 0.15) is 0 Å². The molecular formula is C51H31N3O2. The van der Waals surface area contributed by atoms with E-state index in [4.69, 9.17) is 23.8 Å². The van der Waals surface area contributed by atoms with Crippen molar-refractivity contribution < 1.29 is 8.83 Å². The molecule has 0 saturated heterocycles. The van der Waals surface area contributed by atoms with E-state index in [-0.39, 0.29) is 0 Å². The Morgan fingerprint density at radius 1 is 0.232 bits per heavy atom. The molecule has 8 aromatic carbocycles. The maximum absolute atomic E-state index is 6.37. The Morgan fingerprint density at radius 3 is 1.23 bits per heavy atom. The van der Waals surface area contributed by atoms with Gasteiger partial charge in [0.2, 0.25) is 0 Å². The molecule has 0 radical (unpaired) electrons. The van der Waals surface area contributed by atoms with Crippen molar-refractivity contribution in [3.63, 3.8) is 0 Å². The second-order valence-corrected chi connectivity index (χ2v) is 14.0. The summed E-state index contributed by atoms with van der Waals surface area (Å²) >= 11 is 0. The van der Waals surface area contributed by atoms with Gasteiger partial charge >= 0.3 is 0 Å². The quantitative estimate of drug-likeness (QED) is 0.171. The minimum Gasteiger partial charge on any atom is -0.456 e. The van der Waals surface area contributed by atoms with Gasteiger partial charge in [-0.05, 0) is 69.8 Å². The van der Waals surface area contributed by atoms with E-state index in [9.17, 15) is 0 Å². The van der Waals surface area contributed by atoms with Crippen LogP contribution in [-0.2, 0) is 0 Å². The van der Waals surface area contributed by atoms with Crippen LogP contribution in [0.15, 0.2) is 197 Å². The van der Waals surface area contributed by atoms with Crippen LogP contribution in [0.25, 0.3) is 111 Å². The van der Waals surface area contributed by atoms with Gasteiger partial charge in [-0.2, -0.15) is 0 Å². The van der Waals surface area contributed by atoms with E-state index in [1.807, 2.05) is 30.3 Å². The Kier molecular flexibility index (Phi) is 7.42. The van der Waals surface area contributed by atoms with Gasteiger partial charge in [-0.15, -0.1) is 0 Å². The van der Waals surface area contributed by atoms with Gasteiger partial charge < -0.3 is 8.83 Å². The Balaban J connectivity index is 1.00. The van der Waals surface area contributed by atoms with E-state index in [1.165, 1.54) is 0 Å². The lowest BCUT2D eigenvalue weighted by atomic mass is 10.00. The SMILES string of the molecule is c1ccc(-c2ccc(-c3nc(-c4ccc(-c5ccccc5)cc4)nc(-c4cccc(-c5ccc6oc7cc8c(cc7c6c5)oc5ccccc58)c4)n3)cc2)cc1. The predicted molar refractivity (Wildman–Crippen MR) is 227 cm³/mol. The molecule has 5 nitrogen and oxygen atoms in total. The lowest BCUT2D eigenvalue weighted by Crippen LogP contribution is -2.00. The number of nitrogens with zero attached hydrogens (tertiary/aromatic N) is 3. The molecule has 56 heavy (non-hydrogen) atoms. The highest BCUT2D eigenvalue weighted by molar-refractivity contribution is 6.15. The molecule has 0 aliphatic rings. The molecule has 262 valence electrons. The molecule has 0 atom stereocenters. The first-order valence-electron chi connectivity index (χ1n) is 18.7. The van der Waals surface area contributed by atoms with Crippen molar-refractivity contribution in [3.05, 3.63) is 188 Å². The zero-order chi connectivity index (χ0) is 37.0. The van der Waals surface area contributed by atoms with E-state index in [2.05, 4.69) is 158 Å². The van der Waals surface area contributed by atoms with Crippen molar-refractivity contribution in [2.45, 2.75) is 0 Å². The van der Waals surface area contributed by atoms with Crippen molar-refractivity contribution in [1.82, 2.24) is 15.0 Å². The maximum atomic E-state index is 6.37. The molecule has 5 heteroatoms. The van der Waals surface area contributed by atoms with Gasteiger partial charge in [-0.3, -0.25) is 0 Å². The summed E-state index contributed by atoms with van der Waals surface area (Å²) < 4.78 is 12.6. The fraction of sp³-hybridized carbons (Fsp3) is 0. The van der Waals surface area contributed by atoms with Crippen LogP contribution in [0.2, 0.25) is 0 Å². The zero-order valence-electron chi connectivity index (χ0n) is 30.1. The molecule has 0 spiro atoms. The lowest BCUT2D eigenvalue weighted by molar-refractivity contribution is 0.664. The number of rotatable bonds is 6. The van der Waals surface area contributed by atoms with Crippen molar-refractivity contribution in [2.24, 2.45) is 0 Å². The molecule has 0 N–H and O–H groups in total. The van der Waals surface area contributed by atoms with Gasteiger partial charge in [0.25, 0.3) is 0 Å². The van der Waals surface area contributed by atoms with E-state index < -0.39 is 0 Å². The molecule has 0 aliphatic carbocycles. The number of hydrogen-bond donors (Lipinski definition) is 0. The average Bonchev–Trinajstić information content (AvgIpc) is 3.83. The summed E-state index contributed by atoms with van der Waals surface area (Å²) in [5, 5.41) is 4.19. The number of fused-ring (bicyclic) bond motifs is 6. The number of furan rings is 2. The van der Waals surface area contributed by atoms with E-state index in [0.29, 0.717) is 17.5 Å². The molecule has 11 aromatic rings. The van der Waals surface area contributed by atoms with Crippen molar-refractivity contribution >= 4 is 43.9 Å². The van der Waals surface area contributed by atoms with Gasteiger partial charge in [0, 0.05) is 38.2 Å². The third-order valence-corrected chi connectivity index (χ3v) is 10.6. The Hall–Kier alpha value is -7.63. The topological polar surface area (TPSA) is 65.0 Å². The third kappa shape index (κ3) is 5.62. The van der Waals surface area contributed by atoms with Crippen LogP contribution in [-0.4, -0.2) is 15.0 Å².